The number of nitrogens with zero attached hydrogens (tertiary/aromatic N) is 3. The fourth-order valence-electron chi connectivity index (χ4n) is 1.77. The van der Waals surface area contributed by atoms with Crippen molar-refractivity contribution in [3.8, 4) is 17.1 Å². The molecule has 2 aromatic rings. The Labute approximate surface area is 112 Å². The van der Waals surface area contributed by atoms with Gasteiger partial charge in [-0.1, -0.05) is 13.8 Å². The average Bonchev–Trinajstić information content (AvgIpc) is 2.37. The normalized spacial score (nSPS) is 10.8. The zero-order valence-corrected chi connectivity index (χ0v) is 11.6. The zero-order valence-electron chi connectivity index (χ0n) is 11.6. The summed E-state index contributed by atoms with van der Waals surface area (Å²) < 4.78 is 5.34. The Bertz CT molecular complexity index is 596. The third-order valence-corrected chi connectivity index (χ3v) is 2.75. The molecule has 1 heterocycles. The summed E-state index contributed by atoms with van der Waals surface area (Å²) in [5.74, 6) is 3.02. The monoisotopic (exact) mass is 258 g/mol. The van der Waals surface area contributed by atoms with E-state index in [0.717, 1.165) is 11.4 Å². The maximum atomic E-state index is 5.76. The first-order valence-electron chi connectivity index (χ1n) is 6.17. The number of aryl methyl sites for hydroxylation is 1. The molecular formula is C14H18N4O. The van der Waals surface area contributed by atoms with Crippen molar-refractivity contribution in [2.45, 2.75) is 26.7 Å². The Morgan fingerprint density at radius 3 is 2.53 bits per heavy atom. The fraction of sp³-hybridized carbons (Fsp3) is 0.357. The van der Waals surface area contributed by atoms with Crippen LogP contribution in [-0.4, -0.2) is 22.1 Å². The molecule has 1 aromatic heterocycles. The Hall–Kier alpha value is -2.17. The lowest BCUT2D eigenvalue weighted by Crippen LogP contribution is -2.05. The molecule has 0 amide bonds. The lowest BCUT2D eigenvalue weighted by molar-refractivity contribution is 0.416. The summed E-state index contributed by atoms with van der Waals surface area (Å²) in [5.41, 5.74) is 7.23. The van der Waals surface area contributed by atoms with Crippen LogP contribution in [0.2, 0.25) is 0 Å². The summed E-state index contributed by atoms with van der Waals surface area (Å²) in [4.78, 5) is 13.2. The Morgan fingerprint density at radius 1 is 1.16 bits per heavy atom. The van der Waals surface area contributed by atoms with Gasteiger partial charge >= 0.3 is 0 Å². The minimum Gasteiger partial charge on any atom is -0.496 e. The minimum absolute atomic E-state index is 0.250. The first kappa shape index (κ1) is 13.3. The van der Waals surface area contributed by atoms with Crippen LogP contribution in [0.4, 0.5) is 5.69 Å². The topological polar surface area (TPSA) is 73.9 Å². The van der Waals surface area contributed by atoms with E-state index < -0.39 is 0 Å². The van der Waals surface area contributed by atoms with Crippen molar-refractivity contribution in [2.75, 3.05) is 12.8 Å². The zero-order chi connectivity index (χ0) is 14.0. The van der Waals surface area contributed by atoms with Gasteiger partial charge in [0.25, 0.3) is 0 Å². The predicted octanol–water partition coefficient (Wildman–Crippen LogP) is 2.56. The first-order chi connectivity index (χ1) is 9.01. The number of nitrogens with two attached hydrogens (primary N) is 1. The largest absolute Gasteiger partial charge is 0.496 e. The standard InChI is InChI=1S/C14H18N4O/c1-8(2)13-16-9(3)17-14(18-13)11-6-5-10(15)7-12(11)19-4/h5-8H,15H2,1-4H3. The van der Waals surface area contributed by atoms with Crippen molar-refractivity contribution in [2.24, 2.45) is 0 Å². The SMILES string of the molecule is COc1cc(N)ccc1-c1nc(C)nc(C(C)C)n1. The van der Waals surface area contributed by atoms with Crippen LogP contribution in [0, 0.1) is 6.92 Å². The highest BCUT2D eigenvalue weighted by atomic mass is 16.5. The molecular weight excluding hydrogens is 240 g/mol. The second kappa shape index (κ2) is 5.22. The molecule has 0 unspecified atom stereocenters. The number of ether oxygens (including phenoxy) is 1. The van der Waals surface area contributed by atoms with E-state index in [1.807, 2.05) is 19.1 Å². The second-order valence-corrected chi connectivity index (χ2v) is 4.68. The molecule has 19 heavy (non-hydrogen) atoms. The Balaban J connectivity index is 2.58. The molecule has 0 atom stereocenters. The van der Waals surface area contributed by atoms with Gasteiger partial charge in [-0.2, -0.15) is 0 Å². The Kier molecular flexibility index (Phi) is 3.64. The fourth-order valence-corrected chi connectivity index (χ4v) is 1.77. The van der Waals surface area contributed by atoms with Crippen LogP contribution in [0.25, 0.3) is 11.4 Å². The summed E-state index contributed by atoms with van der Waals surface area (Å²) in [6.07, 6.45) is 0. The molecule has 100 valence electrons. The van der Waals surface area contributed by atoms with Crippen LogP contribution in [0.5, 0.6) is 5.75 Å². The van der Waals surface area contributed by atoms with Crippen molar-refractivity contribution >= 4 is 5.69 Å². The Morgan fingerprint density at radius 2 is 1.89 bits per heavy atom. The van der Waals surface area contributed by atoms with Crippen molar-refractivity contribution in [1.82, 2.24) is 15.0 Å². The van der Waals surface area contributed by atoms with Gasteiger partial charge in [-0.25, -0.2) is 15.0 Å². The third-order valence-electron chi connectivity index (χ3n) is 2.75. The quantitative estimate of drug-likeness (QED) is 0.856. The van der Waals surface area contributed by atoms with Gasteiger partial charge < -0.3 is 10.5 Å². The van der Waals surface area contributed by atoms with Crippen LogP contribution in [0.1, 0.15) is 31.4 Å². The second-order valence-electron chi connectivity index (χ2n) is 4.68. The van der Waals surface area contributed by atoms with Gasteiger partial charge in [-0.05, 0) is 19.1 Å². The van der Waals surface area contributed by atoms with E-state index in [2.05, 4.69) is 28.8 Å². The lowest BCUT2D eigenvalue weighted by Gasteiger charge is -2.11. The molecule has 0 aliphatic rings. The van der Waals surface area contributed by atoms with Gasteiger partial charge in [0.05, 0.1) is 12.7 Å². The van der Waals surface area contributed by atoms with Crippen molar-refractivity contribution in [3.05, 3.63) is 29.8 Å². The summed E-state index contributed by atoms with van der Waals surface area (Å²) in [6, 6.07) is 5.45. The number of rotatable bonds is 3. The molecule has 0 radical (unpaired) electrons. The van der Waals surface area contributed by atoms with Crippen molar-refractivity contribution in [1.29, 1.82) is 0 Å². The van der Waals surface area contributed by atoms with Gasteiger partial charge in [0.1, 0.15) is 17.4 Å². The van der Waals surface area contributed by atoms with E-state index in [4.69, 9.17) is 10.5 Å². The maximum Gasteiger partial charge on any atom is 0.167 e. The van der Waals surface area contributed by atoms with Crippen molar-refractivity contribution < 1.29 is 4.74 Å². The number of methoxy groups -OCH3 is 1. The van der Waals surface area contributed by atoms with Crippen LogP contribution in [0.3, 0.4) is 0 Å². The van der Waals surface area contributed by atoms with Gasteiger partial charge in [-0.15, -0.1) is 0 Å². The summed E-state index contributed by atoms with van der Waals surface area (Å²) in [6.45, 7) is 5.97. The van der Waals surface area contributed by atoms with Crippen LogP contribution in [-0.2, 0) is 0 Å². The highest BCUT2D eigenvalue weighted by Gasteiger charge is 2.13. The minimum atomic E-state index is 0.250. The van der Waals surface area contributed by atoms with Gasteiger partial charge in [-0.3, -0.25) is 0 Å². The van der Waals surface area contributed by atoms with Crippen molar-refractivity contribution in [3.63, 3.8) is 0 Å². The average molecular weight is 258 g/mol. The van der Waals surface area contributed by atoms with Gasteiger partial charge in [0, 0.05) is 17.7 Å². The molecule has 0 fully saturated rings. The number of nitrogen functional groups attached to an aromatic ring is 1. The molecule has 2 rings (SSSR count). The van der Waals surface area contributed by atoms with Crippen LogP contribution >= 0.6 is 0 Å². The number of benzene rings is 1. The highest BCUT2D eigenvalue weighted by molar-refractivity contribution is 5.67. The van der Waals surface area contributed by atoms with Crippen LogP contribution < -0.4 is 10.5 Å². The van der Waals surface area contributed by atoms with E-state index in [0.29, 0.717) is 23.1 Å². The van der Waals surface area contributed by atoms with Gasteiger partial charge in [0.2, 0.25) is 0 Å². The van der Waals surface area contributed by atoms with E-state index in [9.17, 15) is 0 Å². The third kappa shape index (κ3) is 2.81. The molecule has 0 saturated heterocycles. The summed E-state index contributed by atoms with van der Waals surface area (Å²) >= 11 is 0. The van der Waals surface area contributed by atoms with E-state index in [-0.39, 0.29) is 5.92 Å². The molecule has 1 aromatic carbocycles. The number of aromatic nitrogens is 3. The summed E-state index contributed by atoms with van der Waals surface area (Å²) in [5, 5.41) is 0. The molecule has 0 aliphatic heterocycles. The molecule has 0 aliphatic carbocycles. The van der Waals surface area contributed by atoms with E-state index in [1.165, 1.54) is 0 Å². The predicted molar refractivity (Wildman–Crippen MR) is 75.1 cm³/mol. The molecule has 0 spiro atoms. The first-order valence-corrected chi connectivity index (χ1v) is 6.17. The van der Waals surface area contributed by atoms with Crippen LogP contribution in [0.15, 0.2) is 18.2 Å². The lowest BCUT2D eigenvalue weighted by atomic mass is 10.1. The van der Waals surface area contributed by atoms with Gasteiger partial charge in [0.15, 0.2) is 5.82 Å². The molecule has 0 bridgehead atoms. The number of anilines is 1. The molecule has 5 nitrogen and oxygen atoms in total. The van der Waals surface area contributed by atoms with E-state index in [1.54, 1.807) is 13.2 Å². The van der Waals surface area contributed by atoms with E-state index >= 15 is 0 Å². The molecule has 5 heteroatoms. The summed E-state index contributed by atoms with van der Waals surface area (Å²) in [7, 11) is 1.61. The number of hydrogen-bond donors (Lipinski definition) is 1. The number of hydrogen-bond acceptors (Lipinski definition) is 5. The molecule has 2 N–H and O–H groups in total. The molecule has 0 saturated carbocycles. The smallest absolute Gasteiger partial charge is 0.167 e. The highest BCUT2D eigenvalue weighted by Crippen LogP contribution is 2.29. The maximum absolute atomic E-state index is 5.76.